The Morgan fingerprint density at radius 3 is 0.956 bits per heavy atom. The first-order valence-corrected chi connectivity index (χ1v) is 50.3. The van der Waals surface area contributed by atoms with E-state index in [9.17, 15) is 25.5 Å². The number of pyridine rings is 5. The smallest absolute Gasteiger partial charge is 0.173 e. The summed E-state index contributed by atoms with van der Waals surface area (Å²) in [7, 11) is 4.04. The van der Waals surface area contributed by atoms with Gasteiger partial charge in [-0.2, -0.15) is 48.1 Å². The first-order chi connectivity index (χ1) is 65.5. The molecule has 15 aromatic heterocycles. The number of piperidine rings is 2. The zero-order chi connectivity index (χ0) is 92.8. The van der Waals surface area contributed by atoms with E-state index in [-0.39, 0.29) is 67.4 Å². The molecule has 15 aromatic rings. The fourth-order valence-corrected chi connectivity index (χ4v) is 20.4. The summed E-state index contributed by atoms with van der Waals surface area (Å²) in [6.07, 6.45) is 48.7. The Bertz CT molecular complexity index is 6320. The Kier molecular flexibility index (Phi) is 38.5. The van der Waals surface area contributed by atoms with Crippen LogP contribution in [-0.2, 0) is 59.7 Å². The van der Waals surface area contributed by atoms with E-state index >= 15 is 0 Å². The lowest BCUT2D eigenvalue weighted by atomic mass is 9.77. The van der Waals surface area contributed by atoms with Crippen LogP contribution in [0.2, 0.25) is 0 Å². The summed E-state index contributed by atoms with van der Waals surface area (Å²) in [5.41, 5.74) is 11.8. The molecule has 0 radical (unpaired) electrons. The van der Waals surface area contributed by atoms with E-state index in [1.807, 2.05) is 134 Å². The molecule has 0 amide bonds. The molecule has 5 aliphatic rings. The summed E-state index contributed by atoms with van der Waals surface area (Å²) in [5, 5.41) is 87.9. The summed E-state index contributed by atoms with van der Waals surface area (Å²) in [4.78, 5) is 43.3. The highest BCUT2D eigenvalue weighted by atomic mass is 79.9. The van der Waals surface area contributed by atoms with Crippen molar-refractivity contribution in [1.82, 2.24) is 87.9 Å². The highest BCUT2D eigenvalue weighted by Crippen LogP contribution is 2.38. The lowest BCUT2D eigenvalue weighted by molar-refractivity contribution is -0.672. The molecule has 7 atom stereocenters. The molecule has 728 valence electrons. The minimum absolute atomic E-state index is 0. The maximum atomic E-state index is 9.78. The molecule has 0 bridgehead atoms. The Morgan fingerprint density at radius 1 is 0.336 bits per heavy atom. The number of rotatable bonds is 28. The number of hydrogen-bond donors (Lipinski definition) is 10. The Hall–Kier alpha value is -10.6. The number of halogens is 5. The van der Waals surface area contributed by atoms with E-state index in [2.05, 4.69) is 198 Å². The molecule has 3 aliphatic heterocycles. The number of nitrogens with zero attached hydrogens (tertiary/aromatic N) is 23. The van der Waals surface area contributed by atoms with Crippen LogP contribution in [0.4, 0.5) is 46.5 Å². The summed E-state index contributed by atoms with van der Waals surface area (Å²) >= 11 is 17.8. The second-order valence-corrected chi connectivity index (χ2v) is 39.2. The van der Waals surface area contributed by atoms with Gasteiger partial charge in [-0.15, -0.1) is 0 Å². The van der Waals surface area contributed by atoms with Crippen LogP contribution in [0, 0.1) is 23.7 Å². The summed E-state index contributed by atoms with van der Waals surface area (Å²) < 4.78 is 17.5. The van der Waals surface area contributed by atoms with Crippen LogP contribution < -0.4 is 50.4 Å². The molecule has 33 nitrogen and oxygen atoms in total. The van der Waals surface area contributed by atoms with Gasteiger partial charge in [0.25, 0.3) is 0 Å². The molecule has 2 aliphatic carbocycles. The molecule has 0 spiro atoms. The maximum Gasteiger partial charge on any atom is 0.173 e. The number of nitrogens with one attached hydrogen (secondary N) is 5. The van der Waals surface area contributed by atoms with Crippen molar-refractivity contribution in [3.8, 4) is 0 Å². The van der Waals surface area contributed by atoms with Crippen molar-refractivity contribution in [1.29, 1.82) is 0 Å². The van der Waals surface area contributed by atoms with Gasteiger partial charge in [0.1, 0.15) is 60.6 Å². The van der Waals surface area contributed by atoms with Gasteiger partial charge in [0.15, 0.2) is 53.0 Å². The van der Waals surface area contributed by atoms with Crippen LogP contribution in [-0.4, -0.2) is 184 Å². The summed E-state index contributed by atoms with van der Waals surface area (Å²) in [6.45, 7) is 7.20. The zero-order valence-electron chi connectivity index (χ0n) is 75.4. The summed E-state index contributed by atoms with van der Waals surface area (Å²) in [5.74, 6) is 8.92. The number of anilines is 8. The van der Waals surface area contributed by atoms with Crippen molar-refractivity contribution in [2.45, 2.75) is 195 Å². The Morgan fingerprint density at radius 2 is 0.635 bits per heavy atom. The number of fused-ring (bicyclic) bond motifs is 5. The van der Waals surface area contributed by atoms with Gasteiger partial charge >= 0.3 is 0 Å². The lowest BCUT2D eigenvalue weighted by Crippen LogP contribution is -2.42. The van der Waals surface area contributed by atoms with Crippen LogP contribution in [0.5, 0.6) is 0 Å². The van der Waals surface area contributed by atoms with Gasteiger partial charge in [-0.1, -0.05) is 66.2 Å². The molecule has 3 saturated heterocycles. The number of hydrogen-bond acceptors (Lipinski definition) is 26. The largest absolute Gasteiger partial charge is 0.396 e. The van der Waals surface area contributed by atoms with E-state index in [1.54, 1.807) is 58.6 Å². The van der Waals surface area contributed by atoms with Crippen LogP contribution in [0.1, 0.15) is 171 Å². The second-order valence-electron chi connectivity index (χ2n) is 34.9. The fourth-order valence-electron chi connectivity index (χ4n) is 18.7. The number of aliphatic hydroxyl groups is 5. The Labute approximate surface area is 842 Å². The van der Waals surface area contributed by atoms with Crippen molar-refractivity contribution < 1.29 is 34.7 Å². The normalized spacial score (nSPS) is 18.0. The van der Waals surface area contributed by atoms with Crippen LogP contribution in [0.25, 0.3) is 28.2 Å². The van der Waals surface area contributed by atoms with Gasteiger partial charge in [0, 0.05) is 180 Å². The minimum Gasteiger partial charge on any atom is -0.396 e. The molecule has 10 N–H and O–H groups in total. The van der Waals surface area contributed by atoms with Gasteiger partial charge < -0.3 is 66.8 Å². The zero-order valence-corrected chi connectivity index (χ0v) is 83.3. The first kappa shape index (κ1) is 104. The van der Waals surface area contributed by atoms with Crippen molar-refractivity contribution >= 4 is 154 Å². The predicted octanol–water partition coefficient (Wildman–Crippen LogP) is 17.0. The highest BCUT2D eigenvalue weighted by Gasteiger charge is 2.32. The molecule has 0 aromatic carbocycles. The molecule has 20 rings (SSSR count). The van der Waals surface area contributed by atoms with Gasteiger partial charge in [0.05, 0.1) is 78.6 Å². The highest BCUT2D eigenvalue weighted by molar-refractivity contribution is 9.11. The van der Waals surface area contributed by atoms with E-state index in [0.717, 1.165) is 235 Å². The van der Waals surface area contributed by atoms with Crippen molar-refractivity contribution in [2.24, 2.45) is 37.8 Å². The topological polar surface area (TPSA) is 368 Å². The minimum atomic E-state index is 0. The fraction of sp³-hybridized carbons (Fsp3) is 0.444. The third-order valence-electron chi connectivity index (χ3n) is 25.7. The van der Waals surface area contributed by atoms with E-state index in [0.29, 0.717) is 62.4 Å². The molecule has 137 heavy (non-hydrogen) atoms. The SMILES string of the molecule is C.C.C.C[n+]1cccc(CNc2cc(C[C@@H]3CCCC[C@@H]3CO)nc3c(Br)cnn23)c1.C[n+]1cccc(CNc2cc(N3CCCCC3CO)nc3c(Br)cnn23)c1.OCC1CCCCN1c1cc(NCc2cccnc2)n2ncc(Br)c2n1.OCC[C@@H]1CCCN1c1cc(NCc2cccnc2)n2ncc(Br)c2n1.OC[C@H]1CCCC[C@H]1Cc1cc(NCc2cccnc2)n2ncc(Br)c2n1. The molecule has 2 saturated carbocycles. The predicted molar refractivity (Wildman–Crippen MR) is 557 cm³/mol. The average Bonchev–Trinajstić information content (AvgIpc) is 1.62. The first-order valence-electron chi connectivity index (χ1n) is 46.3. The molecule has 38 heteroatoms. The monoisotopic (exact) mass is 2180 g/mol. The number of aryl methyl sites for hydroxylation is 2. The molecular weight excluding hydrogens is 2060 g/mol. The Balaban J connectivity index is 0.000000144. The third-order valence-corrected chi connectivity index (χ3v) is 28.5. The average molecular weight is 2190 g/mol. The van der Waals surface area contributed by atoms with Gasteiger partial charge in [0.2, 0.25) is 0 Å². The van der Waals surface area contributed by atoms with Gasteiger partial charge in [-0.3, -0.25) is 15.0 Å². The van der Waals surface area contributed by atoms with Crippen molar-refractivity contribution in [3.63, 3.8) is 0 Å². The van der Waals surface area contributed by atoms with Gasteiger partial charge in [-0.05, 0) is 247 Å². The van der Waals surface area contributed by atoms with Crippen LogP contribution in [0.3, 0.4) is 0 Å². The standard InChI is InChI=1S/C21H27BrN5O.C20H24BrN5O.C19H24BrN6O.2C18H21BrN6O.3CH4/c1-26-8-4-5-15(13-26)11-23-20-10-18(25-21-19(22)12-24-27(20)21)9-16-6-2-3-7-17(16)14-28;21-18-12-24-26-19(23-11-14-4-3-7-22-10-14)9-17(25-20(18)26)8-15-5-1-2-6-16(15)13-27;1-24-7-4-5-14(12-24)10-21-17-9-18(23-19-16(20)11-22-26(17)19)25-8-3-2-6-15(25)13-27;19-15-12-22-25-16(21-11-13-3-1-6-20-10-13)9-17(23-18(15)25)24-7-2-4-14(24)5-8-26;19-15-11-22-25-16(21-10-13-4-3-6-20-9-13)8-17(23-18(15)25)24-7-2-1-5-14(24)12-26;;;/h4-5,8,10,12-13,16-17,23,28H,2-3,6-7,9,11,14H2,1H3;3-4,7,9-10,12,15-16,23,27H,1-2,5-6,8,11,13H2;4-5,7,9,11-12,15,21,27H,2-3,6,8,10,13H2,1H3;1,3,6,9-10,12,14,21,26H,2,4-5,7-8,11H2;3-4,6,8-9,11,14,21,26H,1-2,5,7,10,12H2;3*1H4/q+1;;+1;;;;;/t16-,17+;15-,16+;;14-;;;;/m00.0..../s1. The lowest BCUT2D eigenvalue weighted by Gasteiger charge is -2.35. The van der Waals surface area contributed by atoms with Crippen LogP contribution in [0.15, 0.2) is 206 Å². The van der Waals surface area contributed by atoms with Crippen molar-refractivity contribution in [2.75, 3.05) is 94.0 Å². The number of aromatic nitrogens is 20. The third kappa shape index (κ3) is 26.5. The van der Waals surface area contributed by atoms with Crippen LogP contribution >= 0.6 is 79.6 Å². The van der Waals surface area contributed by atoms with Crippen molar-refractivity contribution in [3.05, 3.63) is 246 Å². The molecular formula is C99H129Br5N28O5+2. The second kappa shape index (κ2) is 50.9. The summed E-state index contributed by atoms with van der Waals surface area (Å²) in [6, 6.07) is 31.1. The van der Waals surface area contributed by atoms with Gasteiger partial charge in [-0.25, -0.2) is 34.1 Å². The maximum absolute atomic E-state index is 9.78. The quantitative estimate of drug-likeness (QED) is 0.0204. The molecule has 18 heterocycles. The molecule has 5 fully saturated rings. The van der Waals surface area contributed by atoms with E-state index in [4.69, 9.17) is 24.9 Å². The van der Waals surface area contributed by atoms with E-state index in [1.165, 1.54) is 43.2 Å². The van der Waals surface area contributed by atoms with E-state index < -0.39 is 0 Å². The number of aliphatic hydroxyl groups excluding tert-OH is 5. The molecule has 2 unspecified atom stereocenters.